The second kappa shape index (κ2) is 10.6. The van der Waals surface area contributed by atoms with Gasteiger partial charge < -0.3 is 19.9 Å². The van der Waals surface area contributed by atoms with Gasteiger partial charge in [0.1, 0.15) is 23.9 Å². The van der Waals surface area contributed by atoms with Gasteiger partial charge in [-0.2, -0.15) is 0 Å². The fourth-order valence-electron chi connectivity index (χ4n) is 3.56. The highest BCUT2D eigenvalue weighted by Crippen LogP contribution is 2.17. The van der Waals surface area contributed by atoms with Crippen molar-refractivity contribution < 1.29 is 14.2 Å². The zero-order chi connectivity index (χ0) is 24.8. The number of pyridine rings is 1. The summed E-state index contributed by atoms with van der Waals surface area (Å²) in [6.07, 6.45) is 1.58. The topological polar surface area (TPSA) is 111 Å². The molecular formula is C26H26N4O5. The maximum absolute atomic E-state index is 13.5. The summed E-state index contributed by atoms with van der Waals surface area (Å²) in [7, 11) is 3.17. The van der Waals surface area contributed by atoms with E-state index < -0.39 is 11.2 Å². The van der Waals surface area contributed by atoms with E-state index in [9.17, 15) is 9.59 Å². The van der Waals surface area contributed by atoms with Crippen molar-refractivity contribution in [1.29, 1.82) is 0 Å². The molecule has 0 amide bonds. The maximum atomic E-state index is 13.5. The lowest BCUT2D eigenvalue weighted by molar-refractivity contribution is 0.272. The SMILES string of the molecule is COc1ccc(Cn2c(OCc3cccnc3N)cc(=O)n(Cc3ccc(OC)cc3)c2=O)cc1. The molecule has 2 aromatic heterocycles. The summed E-state index contributed by atoms with van der Waals surface area (Å²) in [5, 5.41) is 0. The molecular weight excluding hydrogens is 448 g/mol. The average Bonchev–Trinajstić information content (AvgIpc) is 2.88. The van der Waals surface area contributed by atoms with Gasteiger partial charge in [0.15, 0.2) is 0 Å². The monoisotopic (exact) mass is 474 g/mol. The van der Waals surface area contributed by atoms with Gasteiger partial charge in [0.25, 0.3) is 5.56 Å². The van der Waals surface area contributed by atoms with Crippen LogP contribution in [0.2, 0.25) is 0 Å². The molecule has 0 aliphatic rings. The van der Waals surface area contributed by atoms with E-state index in [1.54, 1.807) is 44.7 Å². The lowest BCUT2D eigenvalue weighted by Crippen LogP contribution is -2.40. The van der Waals surface area contributed by atoms with Gasteiger partial charge in [-0.3, -0.25) is 13.9 Å². The summed E-state index contributed by atoms with van der Waals surface area (Å²) in [5.74, 6) is 1.86. The molecule has 0 spiro atoms. The normalized spacial score (nSPS) is 10.7. The Labute approximate surface area is 202 Å². The van der Waals surface area contributed by atoms with Gasteiger partial charge in [-0.15, -0.1) is 0 Å². The number of rotatable bonds is 9. The van der Waals surface area contributed by atoms with E-state index in [0.717, 1.165) is 11.1 Å². The molecule has 2 heterocycles. The number of hydrogen-bond donors (Lipinski definition) is 1. The van der Waals surface area contributed by atoms with Crippen molar-refractivity contribution in [1.82, 2.24) is 14.1 Å². The van der Waals surface area contributed by atoms with Crippen molar-refractivity contribution in [2.75, 3.05) is 20.0 Å². The third-order valence-electron chi connectivity index (χ3n) is 5.54. The minimum atomic E-state index is -0.488. The number of ether oxygens (including phenoxy) is 3. The minimum Gasteiger partial charge on any atom is -0.497 e. The van der Waals surface area contributed by atoms with E-state index in [1.165, 1.54) is 15.2 Å². The molecule has 35 heavy (non-hydrogen) atoms. The predicted octanol–water partition coefficient (Wildman–Crippen LogP) is 2.68. The van der Waals surface area contributed by atoms with Crippen molar-refractivity contribution in [2.45, 2.75) is 19.7 Å². The van der Waals surface area contributed by atoms with Crippen molar-refractivity contribution >= 4 is 5.82 Å². The number of anilines is 1. The lowest BCUT2D eigenvalue weighted by atomic mass is 10.2. The standard InChI is InChI=1S/C26H26N4O5/c1-33-21-9-5-18(6-10-21)15-29-23(31)14-24(35-17-20-4-3-13-28-25(20)27)30(26(29)32)16-19-7-11-22(34-2)12-8-19/h3-14H,15-17H2,1-2H3,(H2,27,28). The molecule has 0 saturated heterocycles. The Morgan fingerprint density at radius 1 is 0.829 bits per heavy atom. The van der Waals surface area contributed by atoms with Gasteiger partial charge in [-0.25, -0.2) is 9.78 Å². The van der Waals surface area contributed by atoms with Crippen molar-refractivity contribution in [2.24, 2.45) is 0 Å². The predicted molar refractivity (Wildman–Crippen MR) is 132 cm³/mol. The van der Waals surface area contributed by atoms with Crippen molar-refractivity contribution in [3.63, 3.8) is 0 Å². The van der Waals surface area contributed by atoms with Crippen LogP contribution in [0.25, 0.3) is 0 Å². The maximum Gasteiger partial charge on any atom is 0.334 e. The molecule has 4 rings (SSSR count). The Kier molecular flexibility index (Phi) is 7.15. The van der Waals surface area contributed by atoms with E-state index in [-0.39, 0.29) is 25.6 Å². The summed E-state index contributed by atoms with van der Waals surface area (Å²) in [6, 6.07) is 19.4. The molecule has 2 N–H and O–H groups in total. The molecule has 0 aliphatic heterocycles. The number of benzene rings is 2. The van der Waals surface area contributed by atoms with Crippen LogP contribution in [0.4, 0.5) is 5.82 Å². The number of nitrogen functional groups attached to an aromatic ring is 1. The summed E-state index contributed by atoms with van der Waals surface area (Å²) in [4.78, 5) is 30.5. The molecule has 0 fully saturated rings. The number of nitrogens with two attached hydrogens (primary N) is 1. The van der Waals surface area contributed by atoms with Crippen LogP contribution in [0.5, 0.6) is 17.4 Å². The van der Waals surface area contributed by atoms with Gasteiger partial charge in [0, 0.05) is 11.8 Å². The Morgan fingerprint density at radius 2 is 1.40 bits per heavy atom. The Bertz CT molecular complexity index is 1410. The van der Waals surface area contributed by atoms with Gasteiger partial charge in [0.2, 0.25) is 5.88 Å². The third-order valence-corrected chi connectivity index (χ3v) is 5.54. The minimum absolute atomic E-state index is 0.0592. The highest BCUT2D eigenvalue weighted by Gasteiger charge is 2.15. The fraction of sp³-hybridized carbons (Fsp3) is 0.192. The molecule has 0 saturated carbocycles. The van der Waals surface area contributed by atoms with Crippen LogP contribution in [0, 0.1) is 0 Å². The number of hydrogen-bond acceptors (Lipinski definition) is 7. The summed E-state index contributed by atoms with van der Waals surface area (Å²) >= 11 is 0. The molecule has 0 atom stereocenters. The van der Waals surface area contributed by atoms with Gasteiger partial charge in [0.05, 0.1) is 33.4 Å². The summed E-state index contributed by atoms with van der Waals surface area (Å²) in [6.45, 7) is 0.368. The van der Waals surface area contributed by atoms with Gasteiger partial charge >= 0.3 is 5.69 Å². The molecule has 9 heteroatoms. The number of aromatic nitrogens is 3. The first-order valence-corrected chi connectivity index (χ1v) is 10.9. The van der Waals surface area contributed by atoms with E-state index in [2.05, 4.69) is 4.98 Å². The van der Waals surface area contributed by atoms with E-state index >= 15 is 0 Å². The Hall–Kier alpha value is -4.53. The first kappa shape index (κ1) is 23.6. The van der Waals surface area contributed by atoms with Crippen molar-refractivity contribution in [3.8, 4) is 17.4 Å². The zero-order valence-electron chi connectivity index (χ0n) is 19.5. The van der Waals surface area contributed by atoms with Crippen LogP contribution in [0.1, 0.15) is 16.7 Å². The zero-order valence-corrected chi connectivity index (χ0v) is 19.5. The molecule has 4 aromatic rings. The van der Waals surface area contributed by atoms with Crippen LogP contribution in [-0.4, -0.2) is 28.3 Å². The molecule has 0 bridgehead atoms. The molecule has 2 aromatic carbocycles. The fourth-order valence-corrected chi connectivity index (χ4v) is 3.56. The summed E-state index contributed by atoms with van der Waals surface area (Å²) < 4.78 is 18.9. The molecule has 0 aliphatic carbocycles. The smallest absolute Gasteiger partial charge is 0.334 e. The summed E-state index contributed by atoms with van der Waals surface area (Å²) in [5.41, 5.74) is 7.25. The second-order valence-corrected chi connectivity index (χ2v) is 7.81. The van der Waals surface area contributed by atoms with Crippen LogP contribution in [-0.2, 0) is 19.7 Å². The second-order valence-electron chi connectivity index (χ2n) is 7.81. The van der Waals surface area contributed by atoms with E-state index in [4.69, 9.17) is 19.9 Å². The number of nitrogens with zero attached hydrogens (tertiary/aromatic N) is 3. The first-order chi connectivity index (χ1) is 17.0. The van der Waals surface area contributed by atoms with Gasteiger partial charge in [-0.1, -0.05) is 30.3 Å². The molecule has 0 unspecified atom stereocenters. The quantitative estimate of drug-likeness (QED) is 0.397. The van der Waals surface area contributed by atoms with E-state index in [0.29, 0.717) is 22.9 Å². The largest absolute Gasteiger partial charge is 0.497 e. The van der Waals surface area contributed by atoms with Crippen molar-refractivity contribution in [3.05, 3.63) is 110 Å². The number of methoxy groups -OCH3 is 2. The highest BCUT2D eigenvalue weighted by molar-refractivity contribution is 5.38. The first-order valence-electron chi connectivity index (χ1n) is 10.9. The Balaban J connectivity index is 1.71. The molecule has 0 radical (unpaired) electrons. The third kappa shape index (κ3) is 5.52. The molecule has 180 valence electrons. The van der Waals surface area contributed by atoms with Crippen LogP contribution in [0.3, 0.4) is 0 Å². The van der Waals surface area contributed by atoms with Crippen LogP contribution >= 0.6 is 0 Å². The van der Waals surface area contributed by atoms with Crippen LogP contribution in [0.15, 0.2) is 82.5 Å². The molecule has 9 nitrogen and oxygen atoms in total. The Morgan fingerprint density at radius 3 is 1.94 bits per heavy atom. The highest BCUT2D eigenvalue weighted by atomic mass is 16.5. The average molecular weight is 475 g/mol. The van der Waals surface area contributed by atoms with Gasteiger partial charge in [-0.05, 0) is 41.5 Å². The lowest BCUT2D eigenvalue weighted by Gasteiger charge is -2.17. The van der Waals surface area contributed by atoms with Crippen LogP contribution < -0.4 is 31.2 Å². The van der Waals surface area contributed by atoms with E-state index in [1.807, 2.05) is 36.4 Å².